The van der Waals surface area contributed by atoms with E-state index in [-0.39, 0.29) is 5.69 Å². The van der Waals surface area contributed by atoms with E-state index >= 15 is 0 Å². The molecule has 1 aromatic heterocycles. The number of halogens is 6. The Labute approximate surface area is 182 Å². The normalized spacial score (nSPS) is 18.8. The number of alkyl halides is 6. The van der Waals surface area contributed by atoms with Crippen molar-refractivity contribution in [2.24, 2.45) is 11.8 Å². The molecule has 1 heterocycles. The van der Waals surface area contributed by atoms with Crippen molar-refractivity contribution < 1.29 is 40.6 Å². The number of benzene rings is 1. The number of carbonyl (C=O) groups excluding carboxylic acids is 1. The molecule has 2 atom stereocenters. The maximum Gasteiger partial charge on any atom is 0.573 e. The van der Waals surface area contributed by atoms with Crippen LogP contribution in [0.15, 0.2) is 70.9 Å². The van der Waals surface area contributed by atoms with Gasteiger partial charge in [-0.1, -0.05) is 25.1 Å². The van der Waals surface area contributed by atoms with Gasteiger partial charge in [-0.25, -0.2) is 0 Å². The number of para-hydroxylation sites is 2. The van der Waals surface area contributed by atoms with Gasteiger partial charge in [-0.3, -0.25) is 9.59 Å². The number of carbonyl (C=O) groups is 1. The first-order valence-corrected chi connectivity index (χ1v) is 9.37. The van der Waals surface area contributed by atoms with Crippen LogP contribution in [0.4, 0.5) is 32.0 Å². The van der Waals surface area contributed by atoms with Gasteiger partial charge >= 0.3 is 12.5 Å². The van der Waals surface area contributed by atoms with Gasteiger partial charge in [0.1, 0.15) is 5.76 Å². The molecule has 1 aliphatic rings. The van der Waals surface area contributed by atoms with Crippen molar-refractivity contribution >= 4 is 11.6 Å². The summed E-state index contributed by atoms with van der Waals surface area (Å²) in [5.41, 5.74) is -1.15. The zero-order valence-corrected chi connectivity index (χ0v) is 16.8. The Kier molecular flexibility index (Phi) is 6.56. The topological polar surface area (TPSA) is 80.4 Å². The number of nitrogens with one attached hydrogen (secondary N) is 2. The van der Waals surface area contributed by atoms with E-state index < -0.39 is 58.7 Å². The van der Waals surface area contributed by atoms with Crippen LogP contribution in [0.2, 0.25) is 0 Å². The Morgan fingerprint density at radius 1 is 1.03 bits per heavy atom. The SMILES string of the molecule is CC1C=C(Oc2ccccc2OC(F)(F)F)C(C(=O)Nc2cc[nH]c(=O)c2)=CC1C(F)(F)F. The van der Waals surface area contributed by atoms with Crippen molar-refractivity contribution in [3.63, 3.8) is 0 Å². The average molecular weight is 474 g/mol. The molecule has 2 N–H and O–H groups in total. The molecule has 12 heteroatoms. The fourth-order valence-corrected chi connectivity index (χ4v) is 3.10. The van der Waals surface area contributed by atoms with Gasteiger partial charge in [-0.05, 0) is 30.2 Å². The summed E-state index contributed by atoms with van der Waals surface area (Å²) in [4.78, 5) is 26.5. The fraction of sp³-hybridized carbons (Fsp3) is 0.238. The summed E-state index contributed by atoms with van der Waals surface area (Å²) in [5, 5.41) is 2.28. The zero-order valence-electron chi connectivity index (χ0n) is 16.8. The number of hydrogen-bond donors (Lipinski definition) is 2. The van der Waals surface area contributed by atoms with Gasteiger partial charge in [0.25, 0.3) is 5.91 Å². The van der Waals surface area contributed by atoms with E-state index in [1.54, 1.807) is 0 Å². The number of aromatic nitrogens is 1. The van der Waals surface area contributed by atoms with Crippen molar-refractivity contribution in [2.45, 2.75) is 19.5 Å². The number of anilines is 1. The highest BCUT2D eigenvalue weighted by molar-refractivity contribution is 6.06. The van der Waals surface area contributed by atoms with Crippen LogP contribution >= 0.6 is 0 Å². The first-order valence-electron chi connectivity index (χ1n) is 9.37. The fourth-order valence-electron chi connectivity index (χ4n) is 3.10. The van der Waals surface area contributed by atoms with Gasteiger partial charge in [0.2, 0.25) is 5.56 Å². The monoisotopic (exact) mass is 474 g/mol. The van der Waals surface area contributed by atoms with Crippen LogP contribution in [0.1, 0.15) is 6.92 Å². The van der Waals surface area contributed by atoms with Gasteiger partial charge in [-0.15, -0.1) is 13.2 Å². The van der Waals surface area contributed by atoms with Crippen molar-refractivity contribution in [1.82, 2.24) is 4.98 Å². The van der Waals surface area contributed by atoms with Crippen molar-refractivity contribution in [1.29, 1.82) is 0 Å². The average Bonchev–Trinajstić information content (AvgIpc) is 2.67. The molecule has 0 radical (unpaired) electrons. The number of H-pyrrole nitrogens is 1. The molecule has 176 valence electrons. The van der Waals surface area contributed by atoms with Crippen LogP contribution in [0.25, 0.3) is 0 Å². The molecule has 0 bridgehead atoms. The second kappa shape index (κ2) is 9.04. The molecule has 6 nitrogen and oxygen atoms in total. The van der Waals surface area contributed by atoms with Crippen molar-refractivity contribution in [3.8, 4) is 11.5 Å². The molecule has 1 aliphatic carbocycles. The molecule has 33 heavy (non-hydrogen) atoms. The van der Waals surface area contributed by atoms with Crippen LogP contribution < -0.4 is 20.3 Å². The minimum Gasteiger partial charge on any atom is -0.453 e. The Bertz CT molecular complexity index is 1150. The summed E-state index contributed by atoms with van der Waals surface area (Å²) in [5.74, 6) is -5.90. The minimum atomic E-state index is -5.05. The van der Waals surface area contributed by atoms with Crippen molar-refractivity contribution in [3.05, 3.63) is 76.4 Å². The predicted molar refractivity (Wildman–Crippen MR) is 104 cm³/mol. The van der Waals surface area contributed by atoms with Gasteiger partial charge < -0.3 is 19.8 Å². The lowest BCUT2D eigenvalue weighted by Gasteiger charge is -2.28. The number of pyridine rings is 1. The number of amides is 1. The molecule has 2 unspecified atom stereocenters. The standard InChI is InChI=1S/C21H16F6N2O4/c1-11-8-17(32-15-4-2-3-5-16(15)33-21(25,26)27)13(10-14(11)20(22,23)24)19(31)29-12-6-7-28-18(30)9-12/h2-11,14H,1H3,(H2,28,29,30,31). The van der Waals surface area contributed by atoms with E-state index in [2.05, 4.69) is 15.0 Å². The summed E-state index contributed by atoms with van der Waals surface area (Å²) in [6.07, 6.45) is -6.91. The summed E-state index contributed by atoms with van der Waals surface area (Å²) >= 11 is 0. The second-order valence-corrected chi connectivity index (χ2v) is 7.03. The smallest absolute Gasteiger partial charge is 0.453 e. The highest BCUT2D eigenvalue weighted by Gasteiger charge is 2.44. The number of hydrogen-bond acceptors (Lipinski definition) is 4. The van der Waals surface area contributed by atoms with E-state index in [4.69, 9.17) is 4.74 Å². The Morgan fingerprint density at radius 3 is 2.30 bits per heavy atom. The molecule has 0 fully saturated rings. The number of rotatable bonds is 5. The van der Waals surface area contributed by atoms with Crippen LogP contribution in [-0.2, 0) is 4.79 Å². The van der Waals surface area contributed by atoms with Gasteiger partial charge in [0, 0.05) is 18.0 Å². The third kappa shape index (κ3) is 6.18. The number of aromatic amines is 1. The molecule has 1 aromatic carbocycles. The lowest BCUT2D eigenvalue weighted by atomic mass is 9.85. The first kappa shape index (κ1) is 24.0. The molecule has 0 spiro atoms. The van der Waals surface area contributed by atoms with E-state index in [9.17, 15) is 35.9 Å². The summed E-state index contributed by atoms with van der Waals surface area (Å²) in [6.45, 7) is 1.22. The van der Waals surface area contributed by atoms with Crippen LogP contribution in [0.3, 0.4) is 0 Å². The molecule has 0 aliphatic heterocycles. The Hall–Kier alpha value is -3.70. The van der Waals surface area contributed by atoms with Gasteiger partial charge in [0.15, 0.2) is 11.5 Å². The van der Waals surface area contributed by atoms with Gasteiger partial charge in [-0.2, -0.15) is 13.2 Å². The molecular formula is C21H16F6N2O4. The van der Waals surface area contributed by atoms with Crippen LogP contribution in [0, 0.1) is 11.8 Å². The second-order valence-electron chi connectivity index (χ2n) is 7.03. The molecule has 1 amide bonds. The number of ether oxygens (including phenoxy) is 2. The van der Waals surface area contributed by atoms with Crippen LogP contribution in [0.5, 0.6) is 11.5 Å². The van der Waals surface area contributed by atoms with Crippen LogP contribution in [-0.4, -0.2) is 23.4 Å². The van der Waals surface area contributed by atoms with E-state index in [0.29, 0.717) is 6.08 Å². The number of allylic oxidation sites excluding steroid dienone is 2. The molecule has 0 saturated carbocycles. The first-order chi connectivity index (χ1) is 15.3. The lowest BCUT2D eigenvalue weighted by molar-refractivity contribution is -0.275. The quantitative estimate of drug-likeness (QED) is 0.603. The predicted octanol–water partition coefficient (Wildman–Crippen LogP) is 4.93. The zero-order chi connectivity index (χ0) is 24.4. The molecule has 0 saturated heterocycles. The molecule has 3 rings (SSSR count). The summed E-state index contributed by atoms with van der Waals surface area (Å²) in [7, 11) is 0. The minimum absolute atomic E-state index is 0.00742. The highest BCUT2D eigenvalue weighted by atomic mass is 19.4. The molecular weight excluding hydrogens is 458 g/mol. The van der Waals surface area contributed by atoms with Crippen molar-refractivity contribution in [2.75, 3.05) is 5.32 Å². The summed E-state index contributed by atoms with van der Waals surface area (Å²) < 4.78 is 87.9. The Balaban J connectivity index is 1.98. The summed E-state index contributed by atoms with van der Waals surface area (Å²) in [6, 6.07) is 6.92. The third-order valence-electron chi connectivity index (χ3n) is 4.54. The van der Waals surface area contributed by atoms with Gasteiger partial charge in [0.05, 0.1) is 11.5 Å². The Morgan fingerprint density at radius 2 is 1.70 bits per heavy atom. The lowest BCUT2D eigenvalue weighted by Crippen LogP contribution is -2.32. The maximum atomic E-state index is 13.5. The van der Waals surface area contributed by atoms with E-state index in [1.807, 2.05) is 0 Å². The van der Waals surface area contributed by atoms with E-state index in [0.717, 1.165) is 24.3 Å². The third-order valence-corrected chi connectivity index (χ3v) is 4.54. The molecule has 2 aromatic rings. The van der Waals surface area contributed by atoms with E-state index in [1.165, 1.54) is 31.3 Å². The maximum absolute atomic E-state index is 13.5. The largest absolute Gasteiger partial charge is 0.573 e. The highest BCUT2D eigenvalue weighted by Crippen LogP contribution is 2.41.